The van der Waals surface area contributed by atoms with E-state index in [0.717, 1.165) is 36.8 Å². The zero-order chi connectivity index (χ0) is 21.8. The summed E-state index contributed by atoms with van der Waals surface area (Å²) < 4.78 is 37.8. The molecule has 0 bridgehead atoms. The van der Waals surface area contributed by atoms with Crippen molar-refractivity contribution in [2.24, 2.45) is 0 Å². The van der Waals surface area contributed by atoms with Crippen molar-refractivity contribution in [3.63, 3.8) is 0 Å². The number of nitrogens with one attached hydrogen (secondary N) is 1. The Bertz CT molecular complexity index is 741. The van der Waals surface area contributed by atoms with Gasteiger partial charge in [-0.2, -0.15) is 13.2 Å². The summed E-state index contributed by atoms with van der Waals surface area (Å²) in [5, 5.41) is 10.6. The van der Waals surface area contributed by atoms with Crippen LogP contribution in [0.5, 0.6) is 0 Å². The van der Waals surface area contributed by atoms with Crippen LogP contribution in [0.2, 0.25) is 5.02 Å². The SMILES string of the molecule is CNC(=O)C1COC2(CN(Cc3ccccc3Cl)C2)CN1C.O=C(O)C(F)(F)F. The first-order valence-corrected chi connectivity index (χ1v) is 9.17. The van der Waals surface area contributed by atoms with Crippen LogP contribution in [-0.4, -0.2) is 84.9 Å². The van der Waals surface area contributed by atoms with Crippen molar-refractivity contribution in [1.82, 2.24) is 15.1 Å². The number of rotatable bonds is 3. The number of nitrogens with zero attached hydrogens (tertiary/aromatic N) is 2. The largest absolute Gasteiger partial charge is 0.490 e. The van der Waals surface area contributed by atoms with Crippen LogP contribution in [0.25, 0.3) is 0 Å². The molecule has 0 radical (unpaired) electrons. The summed E-state index contributed by atoms with van der Waals surface area (Å²) in [5.74, 6) is -2.74. The average molecular weight is 438 g/mol. The minimum Gasteiger partial charge on any atom is -0.475 e. The van der Waals surface area contributed by atoms with E-state index in [-0.39, 0.29) is 17.6 Å². The highest BCUT2D eigenvalue weighted by Crippen LogP contribution is 2.32. The minimum absolute atomic E-state index is 0.0181. The number of aliphatic carboxylic acids is 1. The van der Waals surface area contributed by atoms with Gasteiger partial charge in [-0.05, 0) is 18.7 Å². The van der Waals surface area contributed by atoms with Gasteiger partial charge in [0.15, 0.2) is 0 Å². The number of carbonyl (C=O) groups excluding carboxylic acids is 1. The second-order valence-electron chi connectivity index (χ2n) is 7.08. The number of likely N-dealkylation sites (tertiary alicyclic amines) is 1. The number of ether oxygens (including phenoxy) is 1. The van der Waals surface area contributed by atoms with Gasteiger partial charge >= 0.3 is 12.1 Å². The van der Waals surface area contributed by atoms with Crippen LogP contribution in [0.3, 0.4) is 0 Å². The number of alkyl halides is 3. The fourth-order valence-corrected chi connectivity index (χ4v) is 3.57. The third kappa shape index (κ3) is 6.05. The van der Waals surface area contributed by atoms with Gasteiger partial charge < -0.3 is 15.2 Å². The van der Waals surface area contributed by atoms with Crippen LogP contribution in [0.4, 0.5) is 13.2 Å². The molecular formula is C18H23ClF3N3O4. The number of carboxylic acid groups (broad SMARTS) is 1. The summed E-state index contributed by atoms with van der Waals surface area (Å²) in [6, 6.07) is 7.75. The normalized spacial score (nSPS) is 21.7. The van der Waals surface area contributed by atoms with Crippen LogP contribution in [0, 0.1) is 0 Å². The average Bonchev–Trinajstić information content (AvgIpc) is 2.61. The maximum Gasteiger partial charge on any atom is 0.490 e. The highest BCUT2D eigenvalue weighted by molar-refractivity contribution is 6.31. The minimum atomic E-state index is -5.08. The lowest BCUT2D eigenvalue weighted by Crippen LogP contribution is -2.71. The zero-order valence-corrected chi connectivity index (χ0v) is 16.8. The second kappa shape index (κ2) is 9.29. The molecule has 1 unspecified atom stereocenters. The number of carboxylic acids is 1. The Morgan fingerprint density at radius 2 is 1.90 bits per heavy atom. The fourth-order valence-electron chi connectivity index (χ4n) is 3.38. The van der Waals surface area contributed by atoms with Crippen molar-refractivity contribution in [2.75, 3.05) is 40.3 Å². The maximum atomic E-state index is 11.8. The molecule has 1 aromatic rings. The van der Waals surface area contributed by atoms with Gasteiger partial charge in [0.1, 0.15) is 11.6 Å². The molecule has 0 aromatic heterocycles. The monoisotopic (exact) mass is 437 g/mol. The van der Waals surface area contributed by atoms with E-state index >= 15 is 0 Å². The third-order valence-corrected chi connectivity index (χ3v) is 5.15. The Hall–Kier alpha value is -1.88. The van der Waals surface area contributed by atoms with E-state index in [0.29, 0.717) is 6.61 Å². The lowest BCUT2D eigenvalue weighted by Gasteiger charge is -2.55. The number of hydrogen-bond donors (Lipinski definition) is 2. The molecule has 1 amide bonds. The van der Waals surface area contributed by atoms with Crippen molar-refractivity contribution in [3.8, 4) is 0 Å². The fraction of sp³-hybridized carbons (Fsp3) is 0.556. The van der Waals surface area contributed by atoms with Gasteiger partial charge in [0.25, 0.3) is 0 Å². The second-order valence-corrected chi connectivity index (χ2v) is 7.49. The summed E-state index contributed by atoms with van der Waals surface area (Å²) in [6.45, 7) is 3.83. The third-order valence-electron chi connectivity index (χ3n) is 4.78. The van der Waals surface area contributed by atoms with E-state index in [1.165, 1.54) is 0 Å². The Balaban J connectivity index is 0.000000370. The van der Waals surface area contributed by atoms with Crippen LogP contribution in [-0.2, 0) is 20.9 Å². The molecule has 2 aliphatic rings. The number of hydrogen-bond acceptors (Lipinski definition) is 5. The molecule has 3 rings (SSSR count). The van der Waals surface area contributed by atoms with Crippen molar-refractivity contribution >= 4 is 23.5 Å². The molecule has 1 spiro atoms. The molecule has 11 heteroatoms. The predicted molar refractivity (Wildman–Crippen MR) is 99.6 cm³/mol. The van der Waals surface area contributed by atoms with Crippen LogP contribution in [0.15, 0.2) is 24.3 Å². The first kappa shape index (κ1) is 23.4. The van der Waals surface area contributed by atoms with Gasteiger partial charge in [0.2, 0.25) is 5.91 Å². The molecule has 0 saturated carbocycles. The molecule has 1 aromatic carbocycles. The summed E-state index contributed by atoms with van der Waals surface area (Å²) in [4.78, 5) is 25.1. The Morgan fingerprint density at radius 1 is 1.31 bits per heavy atom. The lowest BCUT2D eigenvalue weighted by molar-refractivity contribution is -0.198. The van der Waals surface area contributed by atoms with E-state index in [4.69, 9.17) is 26.2 Å². The van der Waals surface area contributed by atoms with Crippen molar-refractivity contribution < 1.29 is 32.6 Å². The van der Waals surface area contributed by atoms with Gasteiger partial charge in [-0.3, -0.25) is 14.6 Å². The molecule has 2 heterocycles. The van der Waals surface area contributed by atoms with Gasteiger partial charge in [0.05, 0.1) is 6.61 Å². The number of amides is 1. The van der Waals surface area contributed by atoms with Gasteiger partial charge in [0, 0.05) is 38.2 Å². The topological polar surface area (TPSA) is 82.1 Å². The Labute approximate surface area is 171 Å². The van der Waals surface area contributed by atoms with E-state index in [1.54, 1.807) is 7.05 Å². The number of morpholine rings is 1. The number of likely N-dealkylation sites (N-methyl/N-ethyl adjacent to an activating group) is 2. The summed E-state index contributed by atoms with van der Waals surface area (Å²) in [6.07, 6.45) is -5.08. The molecular weight excluding hydrogens is 415 g/mol. The maximum absolute atomic E-state index is 11.8. The van der Waals surface area contributed by atoms with E-state index in [1.807, 2.05) is 25.2 Å². The Kier molecular flexibility index (Phi) is 7.50. The van der Waals surface area contributed by atoms with Crippen molar-refractivity contribution in [3.05, 3.63) is 34.9 Å². The summed E-state index contributed by atoms with van der Waals surface area (Å²) >= 11 is 6.21. The predicted octanol–water partition coefficient (Wildman–Crippen LogP) is 1.60. The molecule has 2 fully saturated rings. The molecule has 0 aliphatic carbocycles. The van der Waals surface area contributed by atoms with Crippen molar-refractivity contribution in [1.29, 1.82) is 0 Å². The summed E-state index contributed by atoms with van der Waals surface area (Å²) in [7, 11) is 3.65. The highest BCUT2D eigenvalue weighted by atomic mass is 35.5. The molecule has 29 heavy (non-hydrogen) atoms. The van der Waals surface area contributed by atoms with E-state index < -0.39 is 12.1 Å². The van der Waals surface area contributed by atoms with Crippen LogP contribution in [0.1, 0.15) is 5.56 Å². The highest BCUT2D eigenvalue weighted by Gasteiger charge is 2.49. The molecule has 2 aliphatic heterocycles. The lowest BCUT2D eigenvalue weighted by atomic mass is 9.90. The van der Waals surface area contributed by atoms with Gasteiger partial charge in [-0.1, -0.05) is 29.8 Å². The van der Waals surface area contributed by atoms with Crippen LogP contribution < -0.4 is 5.32 Å². The Morgan fingerprint density at radius 3 is 2.38 bits per heavy atom. The zero-order valence-electron chi connectivity index (χ0n) is 16.0. The van der Waals surface area contributed by atoms with Crippen molar-refractivity contribution in [2.45, 2.75) is 24.4 Å². The van der Waals surface area contributed by atoms with Crippen LogP contribution >= 0.6 is 11.6 Å². The first-order valence-electron chi connectivity index (χ1n) is 8.79. The van der Waals surface area contributed by atoms with Gasteiger partial charge in [-0.15, -0.1) is 0 Å². The van der Waals surface area contributed by atoms with E-state index in [2.05, 4.69) is 21.2 Å². The number of benzene rings is 1. The first-order chi connectivity index (χ1) is 13.5. The summed E-state index contributed by atoms with van der Waals surface area (Å²) in [5.41, 5.74) is 1.01. The molecule has 2 saturated heterocycles. The quantitative estimate of drug-likeness (QED) is 0.747. The standard InChI is InChI=1S/C16H22ClN3O2.C2HF3O2/c1-18-15(21)14-8-22-16(9-19(14)2)10-20(11-16)7-12-5-3-4-6-13(12)17;3-2(4,5)1(6)7/h3-6,14H,7-11H2,1-2H3,(H,18,21);(H,6,7). The number of halogens is 4. The smallest absolute Gasteiger partial charge is 0.475 e. The van der Waals surface area contributed by atoms with Gasteiger partial charge in [-0.25, -0.2) is 4.79 Å². The molecule has 7 nitrogen and oxygen atoms in total. The molecule has 162 valence electrons. The van der Waals surface area contributed by atoms with E-state index in [9.17, 15) is 18.0 Å². The number of carbonyl (C=O) groups is 2. The molecule has 2 N–H and O–H groups in total. The molecule has 1 atom stereocenters.